The zero-order chi connectivity index (χ0) is 19.4. The molecule has 1 unspecified atom stereocenters. The molecule has 2 aromatic rings. The van der Waals surface area contributed by atoms with E-state index < -0.39 is 11.7 Å². The van der Waals surface area contributed by atoms with Gasteiger partial charge in [0, 0.05) is 24.5 Å². The molecule has 3 rings (SSSR count). The van der Waals surface area contributed by atoms with E-state index in [2.05, 4.69) is 9.97 Å². The van der Waals surface area contributed by atoms with Crippen LogP contribution in [0.1, 0.15) is 34.5 Å². The highest BCUT2D eigenvalue weighted by Crippen LogP contribution is 2.29. The lowest BCUT2D eigenvalue weighted by molar-refractivity contribution is -0.137. The van der Waals surface area contributed by atoms with Crippen molar-refractivity contribution in [2.24, 2.45) is 0 Å². The summed E-state index contributed by atoms with van der Waals surface area (Å²) in [7, 11) is 0. The van der Waals surface area contributed by atoms with Gasteiger partial charge in [-0.05, 0) is 37.1 Å². The van der Waals surface area contributed by atoms with E-state index in [1.165, 1.54) is 29.4 Å². The molecule has 27 heavy (non-hydrogen) atoms. The van der Waals surface area contributed by atoms with Crippen LogP contribution in [-0.4, -0.2) is 40.0 Å². The van der Waals surface area contributed by atoms with E-state index in [-0.39, 0.29) is 35.7 Å². The molecular weight excluding hydrogens is 361 g/mol. The van der Waals surface area contributed by atoms with Crippen LogP contribution in [0.5, 0.6) is 5.88 Å². The van der Waals surface area contributed by atoms with Gasteiger partial charge in [-0.3, -0.25) is 4.79 Å². The van der Waals surface area contributed by atoms with Crippen LogP contribution in [0.2, 0.25) is 0 Å². The highest BCUT2D eigenvalue weighted by molar-refractivity contribution is 5.94. The number of hydrogen-bond donors (Lipinski definition) is 0. The Hall–Kier alpha value is -3.15. The summed E-state index contributed by atoms with van der Waals surface area (Å²) in [5, 5.41) is 9.04. The number of carbonyl (C=O) groups is 1. The van der Waals surface area contributed by atoms with E-state index in [0.29, 0.717) is 19.4 Å². The number of benzene rings is 1. The Morgan fingerprint density at radius 2 is 1.93 bits per heavy atom. The van der Waals surface area contributed by atoms with E-state index >= 15 is 0 Å². The monoisotopic (exact) mass is 376 g/mol. The summed E-state index contributed by atoms with van der Waals surface area (Å²) in [5.41, 5.74) is -0.560. The molecule has 1 saturated heterocycles. The molecule has 0 bridgehead atoms. The van der Waals surface area contributed by atoms with Crippen LogP contribution in [0.25, 0.3) is 0 Å². The molecule has 0 spiro atoms. The van der Waals surface area contributed by atoms with Crippen LogP contribution >= 0.6 is 0 Å². The van der Waals surface area contributed by atoms with Gasteiger partial charge < -0.3 is 9.64 Å². The first-order chi connectivity index (χ1) is 12.9. The molecule has 1 aromatic heterocycles. The maximum atomic E-state index is 12.6. The number of alkyl halides is 3. The van der Waals surface area contributed by atoms with Crippen LogP contribution < -0.4 is 4.74 Å². The number of halogens is 3. The molecule has 0 aliphatic carbocycles. The van der Waals surface area contributed by atoms with E-state index in [1.54, 1.807) is 0 Å². The second kappa shape index (κ2) is 7.61. The van der Waals surface area contributed by atoms with Gasteiger partial charge in [-0.2, -0.15) is 18.4 Å². The molecule has 6 nitrogen and oxygen atoms in total. The molecular formula is C18H15F3N4O2. The average Bonchev–Trinajstić information content (AvgIpc) is 2.67. The van der Waals surface area contributed by atoms with Crippen molar-refractivity contribution in [2.45, 2.75) is 25.1 Å². The van der Waals surface area contributed by atoms with Gasteiger partial charge in [-0.15, -0.1) is 0 Å². The number of amides is 1. The van der Waals surface area contributed by atoms with Gasteiger partial charge in [-0.1, -0.05) is 0 Å². The Bertz CT molecular complexity index is 862. The zero-order valence-electron chi connectivity index (χ0n) is 14.1. The van der Waals surface area contributed by atoms with Crippen LogP contribution in [0, 0.1) is 11.3 Å². The van der Waals surface area contributed by atoms with Gasteiger partial charge in [0.1, 0.15) is 12.2 Å². The van der Waals surface area contributed by atoms with Crippen LogP contribution in [-0.2, 0) is 6.18 Å². The summed E-state index contributed by atoms with van der Waals surface area (Å²) in [6.07, 6.45) is -0.698. The summed E-state index contributed by atoms with van der Waals surface area (Å²) >= 11 is 0. The normalized spacial score (nSPS) is 17.3. The smallest absolute Gasteiger partial charge is 0.416 e. The van der Waals surface area contributed by atoms with Crippen LogP contribution in [0.3, 0.4) is 0 Å². The van der Waals surface area contributed by atoms with E-state index in [1.807, 2.05) is 6.07 Å². The minimum atomic E-state index is -4.44. The standard InChI is InChI=1S/C18H15F3N4O2/c19-18(20,21)13-5-3-12(4-6-13)17(26)25-9-1-2-14(11-25)27-16-15(10-22)23-7-8-24-16/h3-8,14H,1-2,9,11H2. The quantitative estimate of drug-likeness (QED) is 0.823. The maximum Gasteiger partial charge on any atom is 0.416 e. The van der Waals surface area contributed by atoms with Gasteiger partial charge in [0.15, 0.2) is 0 Å². The van der Waals surface area contributed by atoms with Crippen molar-refractivity contribution in [1.29, 1.82) is 5.26 Å². The number of hydrogen-bond acceptors (Lipinski definition) is 5. The van der Waals surface area contributed by atoms with Gasteiger partial charge in [0.25, 0.3) is 11.8 Å². The number of nitrogens with zero attached hydrogens (tertiary/aromatic N) is 4. The largest absolute Gasteiger partial charge is 0.470 e. The Labute approximate surface area is 153 Å². The third kappa shape index (κ3) is 4.34. The molecule has 2 heterocycles. The number of likely N-dealkylation sites (tertiary alicyclic amines) is 1. The second-order valence-corrected chi connectivity index (χ2v) is 6.03. The van der Waals surface area contributed by atoms with Crippen molar-refractivity contribution in [3.8, 4) is 11.9 Å². The first-order valence-electron chi connectivity index (χ1n) is 8.23. The van der Waals surface area contributed by atoms with Gasteiger partial charge >= 0.3 is 6.18 Å². The Balaban J connectivity index is 1.69. The number of nitriles is 1. The predicted octanol–water partition coefficient (Wildman–Crippen LogP) is 3.05. The topological polar surface area (TPSA) is 79.1 Å². The van der Waals surface area contributed by atoms with Crippen molar-refractivity contribution in [3.63, 3.8) is 0 Å². The molecule has 0 radical (unpaired) electrons. The van der Waals surface area contributed by atoms with E-state index in [9.17, 15) is 18.0 Å². The van der Waals surface area contributed by atoms with E-state index in [4.69, 9.17) is 10.00 Å². The zero-order valence-corrected chi connectivity index (χ0v) is 14.1. The van der Waals surface area contributed by atoms with Gasteiger partial charge in [-0.25, -0.2) is 9.97 Å². The predicted molar refractivity (Wildman–Crippen MR) is 87.7 cm³/mol. The number of carbonyl (C=O) groups excluding carboxylic acids is 1. The van der Waals surface area contributed by atoms with Crippen molar-refractivity contribution < 1.29 is 22.7 Å². The Morgan fingerprint density at radius 1 is 1.22 bits per heavy atom. The van der Waals surface area contributed by atoms with E-state index in [0.717, 1.165) is 12.1 Å². The molecule has 0 N–H and O–H groups in total. The number of ether oxygens (including phenoxy) is 1. The lowest BCUT2D eigenvalue weighted by Gasteiger charge is -2.32. The highest BCUT2D eigenvalue weighted by Gasteiger charge is 2.31. The molecule has 1 aliphatic rings. The van der Waals surface area contributed by atoms with Crippen molar-refractivity contribution in [2.75, 3.05) is 13.1 Å². The molecule has 1 amide bonds. The molecule has 140 valence electrons. The summed E-state index contributed by atoms with van der Waals surface area (Å²) in [4.78, 5) is 22.0. The first-order valence-corrected chi connectivity index (χ1v) is 8.23. The number of piperidine rings is 1. The van der Waals surface area contributed by atoms with Gasteiger partial charge in [0.2, 0.25) is 5.69 Å². The van der Waals surface area contributed by atoms with Crippen LogP contribution in [0.15, 0.2) is 36.7 Å². The van der Waals surface area contributed by atoms with Gasteiger partial charge in [0.05, 0.1) is 12.1 Å². The summed E-state index contributed by atoms with van der Waals surface area (Å²) in [6.45, 7) is 0.729. The molecule has 1 aromatic carbocycles. The Kier molecular flexibility index (Phi) is 5.26. The van der Waals surface area contributed by atoms with Crippen molar-refractivity contribution in [3.05, 3.63) is 53.5 Å². The lowest BCUT2D eigenvalue weighted by atomic mass is 10.1. The first kappa shape index (κ1) is 18.6. The molecule has 1 fully saturated rings. The lowest BCUT2D eigenvalue weighted by Crippen LogP contribution is -2.44. The minimum absolute atomic E-state index is 0.0590. The SMILES string of the molecule is N#Cc1nccnc1OC1CCCN(C(=O)c2ccc(C(F)(F)F)cc2)C1. The average molecular weight is 376 g/mol. The molecule has 0 saturated carbocycles. The summed E-state index contributed by atoms with van der Waals surface area (Å²) < 4.78 is 43.7. The second-order valence-electron chi connectivity index (χ2n) is 6.03. The fourth-order valence-electron chi connectivity index (χ4n) is 2.85. The minimum Gasteiger partial charge on any atom is -0.470 e. The van der Waals surface area contributed by atoms with Crippen LogP contribution in [0.4, 0.5) is 13.2 Å². The third-order valence-corrected chi connectivity index (χ3v) is 4.17. The number of rotatable bonds is 3. The fraction of sp³-hybridized carbons (Fsp3) is 0.333. The summed E-state index contributed by atoms with van der Waals surface area (Å²) in [5.74, 6) is -0.259. The fourth-order valence-corrected chi connectivity index (χ4v) is 2.85. The molecule has 9 heteroatoms. The van der Waals surface area contributed by atoms with Crippen molar-refractivity contribution in [1.82, 2.24) is 14.9 Å². The molecule has 1 aliphatic heterocycles. The summed E-state index contributed by atoms with van der Waals surface area (Å²) in [6, 6.07) is 6.02. The maximum absolute atomic E-state index is 12.6. The number of aromatic nitrogens is 2. The molecule has 1 atom stereocenters. The third-order valence-electron chi connectivity index (χ3n) is 4.17. The van der Waals surface area contributed by atoms with Crippen molar-refractivity contribution >= 4 is 5.91 Å². The highest BCUT2D eigenvalue weighted by atomic mass is 19.4. The Morgan fingerprint density at radius 3 is 2.59 bits per heavy atom.